The summed E-state index contributed by atoms with van der Waals surface area (Å²) in [7, 11) is 0. The highest BCUT2D eigenvalue weighted by Gasteiger charge is 2.24. The zero-order valence-corrected chi connectivity index (χ0v) is 29.9. The van der Waals surface area contributed by atoms with Gasteiger partial charge >= 0.3 is 0 Å². The molecule has 11 rings (SSSR count). The average Bonchev–Trinajstić information content (AvgIpc) is 3.84. The van der Waals surface area contributed by atoms with Crippen molar-refractivity contribution >= 4 is 43.6 Å². The first-order valence-electron chi connectivity index (χ1n) is 21.0. The fourth-order valence-electron chi connectivity index (χ4n) is 8.00. The third kappa shape index (κ3) is 5.13. The lowest BCUT2D eigenvalue weighted by Crippen LogP contribution is -2.07. The molecular formula is C51H33N5. The van der Waals surface area contributed by atoms with E-state index >= 15 is 0 Å². The second-order valence-corrected chi connectivity index (χ2v) is 13.7. The van der Waals surface area contributed by atoms with Crippen molar-refractivity contribution in [2.75, 3.05) is 0 Å². The third-order valence-corrected chi connectivity index (χ3v) is 10.5. The van der Waals surface area contributed by atoms with Gasteiger partial charge in [-0.05, 0) is 46.5 Å². The minimum atomic E-state index is -0.425. The van der Waals surface area contributed by atoms with E-state index in [0.29, 0.717) is 23.2 Å². The lowest BCUT2D eigenvalue weighted by molar-refractivity contribution is 0.953. The summed E-state index contributed by atoms with van der Waals surface area (Å²) >= 11 is 0. The van der Waals surface area contributed by atoms with Gasteiger partial charge in [0.15, 0.2) is 11.6 Å². The van der Waals surface area contributed by atoms with Crippen molar-refractivity contribution in [1.82, 2.24) is 24.1 Å². The van der Waals surface area contributed by atoms with Crippen LogP contribution in [0.2, 0.25) is 0 Å². The number of rotatable bonds is 6. The van der Waals surface area contributed by atoms with E-state index in [-0.39, 0.29) is 29.7 Å². The van der Waals surface area contributed by atoms with Gasteiger partial charge in [0.05, 0.1) is 28.9 Å². The molecule has 0 unspecified atom stereocenters. The number of hydrogen-bond donors (Lipinski definition) is 0. The molecule has 3 aromatic heterocycles. The summed E-state index contributed by atoms with van der Waals surface area (Å²) in [5, 5.41) is 4.15. The van der Waals surface area contributed by atoms with E-state index in [4.69, 9.17) is 21.8 Å². The molecule has 5 nitrogen and oxygen atoms in total. The molecule has 0 bridgehead atoms. The predicted molar refractivity (Wildman–Crippen MR) is 230 cm³/mol. The van der Waals surface area contributed by atoms with Crippen LogP contribution in [0.1, 0.15) is 6.85 Å². The normalized spacial score (nSPS) is 12.8. The van der Waals surface area contributed by atoms with Crippen LogP contribution in [0.5, 0.6) is 0 Å². The summed E-state index contributed by atoms with van der Waals surface area (Å²) in [6.45, 7) is 0. The number of nitrogens with zero attached hydrogens (tertiary/aromatic N) is 5. The Morgan fingerprint density at radius 1 is 0.375 bits per heavy atom. The topological polar surface area (TPSA) is 48.5 Å². The molecule has 0 spiro atoms. The molecule has 8 aromatic carbocycles. The highest BCUT2D eigenvalue weighted by Crippen LogP contribution is 2.43. The minimum Gasteiger partial charge on any atom is -0.307 e. The second kappa shape index (κ2) is 13.0. The second-order valence-electron chi connectivity index (χ2n) is 13.7. The van der Waals surface area contributed by atoms with Gasteiger partial charge in [-0.1, -0.05) is 176 Å². The van der Waals surface area contributed by atoms with Crippen LogP contribution in [0.4, 0.5) is 0 Å². The zero-order chi connectivity index (χ0) is 41.4. The third-order valence-electron chi connectivity index (χ3n) is 10.5. The number of aromatic nitrogens is 5. The van der Waals surface area contributed by atoms with Crippen molar-refractivity contribution in [3.8, 4) is 56.7 Å². The Hall–Kier alpha value is -7.63. The van der Waals surface area contributed by atoms with Crippen molar-refractivity contribution in [2.45, 2.75) is 0 Å². The Morgan fingerprint density at radius 3 is 1.46 bits per heavy atom. The van der Waals surface area contributed by atoms with Crippen molar-refractivity contribution in [1.29, 1.82) is 0 Å². The highest BCUT2D eigenvalue weighted by atomic mass is 15.2. The first kappa shape index (κ1) is 27.0. The van der Waals surface area contributed by atoms with Crippen molar-refractivity contribution in [3.05, 3.63) is 200 Å². The minimum absolute atomic E-state index is 0.152. The van der Waals surface area contributed by atoms with Gasteiger partial charge in [0.1, 0.15) is 0 Å². The molecule has 0 saturated heterocycles. The fourth-order valence-corrected chi connectivity index (χ4v) is 8.00. The van der Waals surface area contributed by atoms with Crippen LogP contribution >= 0.6 is 0 Å². The van der Waals surface area contributed by atoms with Crippen LogP contribution in [0.15, 0.2) is 200 Å². The summed E-state index contributed by atoms with van der Waals surface area (Å²) in [5.74, 6) is 1.59. The molecule has 0 saturated carbocycles. The first-order valence-corrected chi connectivity index (χ1v) is 18.5. The van der Waals surface area contributed by atoms with Gasteiger partial charge in [-0.15, -0.1) is 0 Å². The molecular weight excluding hydrogens is 683 g/mol. The summed E-state index contributed by atoms with van der Waals surface area (Å²) in [4.78, 5) is 15.4. The number of fused-ring (bicyclic) bond motifs is 7. The van der Waals surface area contributed by atoms with Gasteiger partial charge in [-0.2, -0.15) is 9.97 Å². The number of para-hydroxylation sites is 2. The maximum atomic E-state index is 8.93. The molecule has 0 radical (unpaired) electrons. The molecule has 56 heavy (non-hydrogen) atoms. The molecule has 0 aliphatic carbocycles. The van der Waals surface area contributed by atoms with E-state index in [9.17, 15) is 0 Å². The Morgan fingerprint density at radius 2 is 0.875 bits per heavy atom. The Balaban J connectivity index is 1.27. The highest BCUT2D eigenvalue weighted by molar-refractivity contribution is 6.23. The SMILES string of the molecule is [2H]c1c([2H])c([2H])c(-c2ccc(-n3c4ccccc4c4ccc5c6ccccc6n(-c6nc(-c7ccccc7)nc(-c7ccccc7)n6)c5c43)cc2-c2ccccc2)c([2H])c1[2H]. The maximum Gasteiger partial charge on any atom is 0.238 e. The van der Waals surface area contributed by atoms with Crippen LogP contribution in [0.25, 0.3) is 100 Å². The predicted octanol–water partition coefficient (Wildman–Crippen LogP) is 12.7. The van der Waals surface area contributed by atoms with Crippen LogP contribution in [0, 0.1) is 0 Å². The van der Waals surface area contributed by atoms with Gasteiger partial charge in [-0.25, -0.2) is 4.98 Å². The van der Waals surface area contributed by atoms with Crippen LogP contribution < -0.4 is 0 Å². The summed E-state index contributed by atoms with van der Waals surface area (Å²) in [6, 6.07) is 55.0. The Labute approximate surface area is 330 Å². The Kier molecular flexibility index (Phi) is 6.29. The van der Waals surface area contributed by atoms with Crippen LogP contribution in [-0.4, -0.2) is 24.1 Å². The molecule has 11 aromatic rings. The van der Waals surface area contributed by atoms with Gasteiger partial charge in [0, 0.05) is 38.4 Å². The smallest absolute Gasteiger partial charge is 0.238 e. The molecule has 3 heterocycles. The van der Waals surface area contributed by atoms with Gasteiger partial charge in [0.2, 0.25) is 5.95 Å². The van der Waals surface area contributed by atoms with E-state index in [1.165, 1.54) is 0 Å². The standard InChI is InChI=1S/C51H33N5/c1-5-17-34(18-6-1)39-30-29-38(33-44(39)35-19-7-2-8-20-35)55-45-27-15-13-25-40(45)42-31-32-43-41-26-14-16-28-46(41)56(48(43)47(42)55)51-53-49(36-21-9-3-10-22-36)52-50(54-51)37-23-11-4-12-24-37/h1-33H/i1D,5D,6D,17D,18D. The van der Waals surface area contributed by atoms with Gasteiger partial charge < -0.3 is 4.57 Å². The lowest BCUT2D eigenvalue weighted by atomic mass is 9.94. The molecule has 0 atom stereocenters. The Bertz CT molecular complexity index is 3440. The lowest BCUT2D eigenvalue weighted by Gasteiger charge is -2.16. The van der Waals surface area contributed by atoms with Crippen LogP contribution in [-0.2, 0) is 0 Å². The van der Waals surface area contributed by atoms with Crippen LogP contribution in [0.3, 0.4) is 0 Å². The van der Waals surface area contributed by atoms with E-state index in [0.717, 1.165) is 71.6 Å². The maximum absolute atomic E-state index is 8.93. The monoisotopic (exact) mass is 720 g/mol. The average molecular weight is 721 g/mol. The molecule has 262 valence electrons. The van der Waals surface area contributed by atoms with Crippen molar-refractivity contribution in [3.63, 3.8) is 0 Å². The van der Waals surface area contributed by atoms with E-state index in [1.54, 1.807) is 0 Å². The van der Waals surface area contributed by atoms with Gasteiger partial charge in [-0.3, -0.25) is 4.57 Å². The van der Waals surface area contributed by atoms with Gasteiger partial charge in [0.25, 0.3) is 0 Å². The largest absolute Gasteiger partial charge is 0.307 e. The van der Waals surface area contributed by atoms with E-state index in [2.05, 4.69) is 51.6 Å². The molecule has 0 N–H and O–H groups in total. The molecule has 0 aliphatic rings. The quantitative estimate of drug-likeness (QED) is 0.172. The van der Waals surface area contributed by atoms with Crippen molar-refractivity contribution < 1.29 is 6.85 Å². The summed E-state index contributed by atoms with van der Waals surface area (Å²) in [6.07, 6.45) is 0. The number of benzene rings is 8. The van der Waals surface area contributed by atoms with Crippen molar-refractivity contribution in [2.24, 2.45) is 0 Å². The molecule has 0 amide bonds. The summed E-state index contributed by atoms with van der Waals surface area (Å²) in [5.41, 5.74) is 8.60. The summed E-state index contributed by atoms with van der Waals surface area (Å²) < 4.78 is 47.6. The fraction of sp³-hybridized carbons (Fsp3) is 0. The van der Waals surface area contributed by atoms with E-state index < -0.39 is 6.04 Å². The van der Waals surface area contributed by atoms with E-state index in [1.807, 2.05) is 127 Å². The molecule has 0 aliphatic heterocycles. The number of hydrogen-bond acceptors (Lipinski definition) is 3. The first-order chi connectivity index (χ1) is 29.9. The molecule has 5 heteroatoms. The molecule has 0 fully saturated rings. The zero-order valence-electron chi connectivity index (χ0n) is 34.9.